The summed E-state index contributed by atoms with van der Waals surface area (Å²) in [5, 5.41) is 13.5. The summed E-state index contributed by atoms with van der Waals surface area (Å²) in [4.78, 5) is 0. The molecule has 1 heterocycles. The van der Waals surface area contributed by atoms with E-state index in [1.165, 1.54) is 18.4 Å². The van der Waals surface area contributed by atoms with Crippen molar-refractivity contribution in [3.63, 3.8) is 0 Å². The number of aromatic hydroxyl groups is 1. The largest absolute Gasteiger partial charge is 0.506 e. The van der Waals surface area contributed by atoms with Crippen LogP contribution in [0.4, 0.5) is 0 Å². The SMILES string of the molecule is Cc1ccc(Br)c(O)c1CC1CCCNC1. The first-order valence-electron chi connectivity index (χ1n) is 5.86. The minimum Gasteiger partial charge on any atom is -0.506 e. The number of halogens is 1. The summed E-state index contributed by atoms with van der Waals surface area (Å²) in [6.07, 6.45) is 3.49. The predicted octanol–water partition coefficient (Wildman–Crippen LogP) is 3.01. The molecule has 1 aliphatic rings. The van der Waals surface area contributed by atoms with Crippen molar-refractivity contribution in [1.82, 2.24) is 5.32 Å². The fraction of sp³-hybridized carbons (Fsp3) is 0.538. The monoisotopic (exact) mass is 283 g/mol. The standard InChI is InChI=1S/C13H18BrNO/c1-9-4-5-12(14)13(16)11(9)7-10-3-2-6-15-8-10/h4-5,10,15-16H,2-3,6-8H2,1H3. The topological polar surface area (TPSA) is 32.3 Å². The van der Waals surface area contributed by atoms with Gasteiger partial charge in [0.25, 0.3) is 0 Å². The molecular weight excluding hydrogens is 266 g/mol. The van der Waals surface area contributed by atoms with E-state index in [1.54, 1.807) is 0 Å². The van der Waals surface area contributed by atoms with Gasteiger partial charge in [0.05, 0.1) is 4.47 Å². The van der Waals surface area contributed by atoms with Gasteiger partial charge in [-0.25, -0.2) is 0 Å². The minimum atomic E-state index is 0.422. The van der Waals surface area contributed by atoms with Crippen LogP contribution in [0.15, 0.2) is 16.6 Å². The molecule has 1 aliphatic heterocycles. The molecule has 1 saturated heterocycles. The van der Waals surface area contributed by atoms with Gasteiger partial charge in [-0.3, -0.25) is 0 Å². The first-order valence-corrected chi connectivity index (χ1v) is 6.65. The normalized spacial score (nSPS) is 21.0. The van der Waals surface area contributed by atoms with Crippen LogP contribution in [0, 0.1) is 12.8 Å². The second-order valence-corrected chi connectivity index (χ2v) is 5.46. The number of nitrogens with one attached hydrogen (secondary N) is 1. The zero-order valence-corrected chi connectivity index (χ0v) is 11.2. The molecule has 1 fully saturated rings. The van der Waals surface area contributed by atoms with Gasteiger partial charge in [0.1, 0.15) is 5.75 Å². The summed E-state index contributed by atoms with van der Waals surface area (Å²) in [5.74, 6) is 1.08. The number of benzene rings is 1. The molecule has 0 spiro atoms. The van der Waals surface area contributed by atoms with Crippen LogP contribution in [0.3, 0.4) is 0 Å². The van der Waals surface area contributed by atoms with Crippen molar-refractivity contribution in [1.29, 1.82) is 0 Å². The second-order valence-electron chi connectivity index (χ2n) is 4.61. The third kappa shape index (κ3) is 2.58. The van der Waals surface area contributed by atoms with Gasteiger partial charge in [-0.1, -0.05) is 6.07 Å². The molecule has 1 unspecified atom stereocenters. The van der Waals surface area contributed by atoms with Gasteiger partial charge in [0.2, 0.25) is 0 Å². The molecule has 0 saturated carbocycles. The number of hydrogen-bond donors (Lipinski definition) is 2. The highest BCUT2D eigenvalue weighted by atomic mass is 79.9. The maximum atomic E-state index is 10.0. The average molecular weight is 284 g/mol. The van der Waals surface area contributed by atoms with E-state index in [0.717, 1.165) is 29.5 Å². The van der Waals surface area contributed by atoms with Crippen molar-refractivity contribution in [3.05, 3.63) is 27.7 Å². The Balaban J connectivity index is 2.16. The summed E-state index contributed by atoms with van der Waals surface area (Å²) in [7, 11) is 0. The van der Waals surface area contributed by atoms with Crippen molar-refractivity contribution >= 4 is 15.9 Å². The minimum absolute atomic E-state index is 0.422. The maximum Gasteiger partial charge on any atom is 0.133 e. The van der Waals surface area contributed by atoms with Crippen LogP contribution in [-0.2, 0) is 6.42 Å². The quantitative estimate of drug-likeness (QED) is 0.875. The van der Waals surface area contributed by atoms with Crippen LogP contribution in [0.1, 0.15) is 24.0 Å². The molecule has 2 rings (SSSR count). The van der Waals surface area contributed by atoms with Crippen molar-refractivity contribution < 1.29 is 5.11 Å². The van der Waals surface area contributed by atoms with Gasteiger partial charge in [-0.05, 0) is 78.3 Å². The summed E-state index contributed by atoms with van der Waals surface area (Å²) < 4.78 is 0.803. The Labute approximate surface area is 105 Å². The van der Waals surface area contributed by atoms with Crippen LogP contribution in [0.5, 0.6) is 5.75 Å². The maximum absolute atomic E-state index is 10.0. The third-order valence-electron chi connectivity index (χ3n) is 3.36. The van der Waals surface area contributed by atoms with E-state index in [9.17, 15) is 5.11 Å². The molecule has 3 heteroatoms. The molecule has 2 nitrogen and oxygen atoms in total. The van der Waals surface area contributed by atoms with Crippen LogP contribution < -0.4 is 5.32 Å². The van der Waals surface area contributed by atoms with Gasteiger partial charge in [-0.2, -0.15) is 0 Å². The molecule has 0 radical (unpaired) electrons. The average Bonchev–Trinajstić information content (AvgIpc) is 2.31. The lowest BCUT2D eigenvalue weighted by atomic mass is 9.90. The van der Waals surface area contributed by atoms with Crippen molar-refractivity contribution in [2.45, 2.75) is 26.2 Å². The van der Waals surface area contributed by atoms with E-state index in [1.807, 2.05) is 6.07 Å². The molecule has 0 aliphatic carbocycles. The fourth-order valence-corrected chi connectivity index (χ4v) is 2.72. The molecule has 0 amide bonds. The van der Waals surface area contributed by atoms with E-state index in [-0.39, 0.29) is 0 Å². The van der Waals surface area contributed by atoms with Crippen LogP contribution in [0.25, 0.3) is 0 Å². The smallest absolute Gasteiger partial charge is 0.133 e. The highest BCUT2D eigenvalue weighted by molar-refractivity contribution is 9.10. The zero-order chi connectivity index (χ0) is 11.5. The lowest BCUT2D eigenvalue weighted by molar-refractivity contribution is 0.369. The number of aryl methyl sites for hydroxylation is 1. The Morgan fingerprint density at radius 2 is 2.31 bits per heavy atom. The molecule has 1 aromatic carbocycles. The van der Waals surface area contributed by atoms with Crippen LogP contribution >= 0.6 is 15.9 Å². The summed E-state index contributed by atoms with van der Waals surface area (Å²) >= 11 is 3.38. The van der Waals surface area contributed by atoms with E-state index >= 15 is 0 Å². The number of phenols is 1. The second kappa shape index (κ2) is 5.19. The van der Waals surface area contributed by atoms with Gasteiger partial charge in [-0.15, -0.1) is 0 Å². The van der Waals surface area contributed by atoms with Gasteiger partial charge in [0.15, 0.2) is 0 Å². The van der Waals surface area contributed by atoms with E-state index in [2.05, 4.69) is 34.2 Å². The molecule has 16 heavy (non-hydrogen) atoms. The highest BCUT2D eigenvalue weighted by Crippen LogP contribution is 2.32. The molecule has 0 bridgehead atoms. The summed E-state index contributed by atoms with van der Waals surface area (Å²) in [6.45, 7) is 4.28. The fourth-order valence-electron chi connectivity index (χ4n) is 2.35. The highest BCUT2D eigenvalue weighted by Gasteiger charge is 2.17. The predicted molar refractivity (Wildman–Crippen MR) is 69.8 cm³/mol. The van der Waals surface area contributed by atoms with E-state index < -0.39 is 0 Å². The Bertz CT molecular complexity index is 372. The Morgan fingerprint density at radius 1 is 1.50 bits per heavy atom. The van der Waals surface area contributed by atoms with Gasteiger partial charge >= 0.3 is 0 Å². The molecule has 1 aromatic rings. The van der Waals surface area contributed by atoms with Crippen molar-refractivity contribution in [2.24, 2.45) is 5.92 Å². The number of piperidine rings is 1. The number of rotatable bonds is 2. The first-order chi connectivity index (χ1) is 7.68. The molecule has 88 valence electrons. The van der Waals surface area contributed by atoms with Crippen molar-refractivity contribution in [2.75, 3.05) is 13.1 Å². The van der Waals surface area contributed by atoms with Gasteiger partial charge in [0, 0.05) is 0 Å². The van der Waals surface area contributed by atoms with E-state index in [0.29, 0.717) is 11.7 Å². The summed E-state index contributed by atoms with van der Waals surface area (Å²) in [6, 6.07) is 3.97. The molecule has 0 aromatic heterocycles. The lowest BCUT2D eigenvalue weighted by Crippen LogP contribution is -2.31. The van der Waals surface area contributed by atoms with Crippen LogP contribution in [-0.4, -0.2) is 18.2 Å². The van der Waals surface area contributed by atoms with E-state index in [4.69, 9.17) is 0 Å². The molecule has 2 N–H and O–H groups in total. The Hall–Kier alpha value is -0.540. The molecular formula is C13H18BrNO. The van der Waals surface area contributed by atoms with Crippen LogP contribution in [0.2, 0.25) is 0 Å². The summed E-state index contributed by atoms with van der Waals surface area (Å²) in [5.41, 5.74) is 2.29. The Kier molecular flexibility index (Phi) is 3.87. The van der Waals surface area contributed by atoms with Gasteiger partial charge < -0.3 is 10.4 Å². The number of hydrogen-bond acceptors (Lipinski definition) is 2. The zero-order valence-electron chi connectivity index (χ0n) is 9.59. The number of phenolic OH excluding ortho intramolecular Hbond substituents is 1. The lowest BCUT2D eigenvalue weighted by Gasteiger charge is -2.24. The third-order valence-corrected chi connectivity index (χ3v) is 4.00. The Morgan fingerprint density at radius 3 is 3.00 bits per heavy atom. The first kappa shape index (κ1) is 11.9. The van der Waals surface area contributed by atoms with Crippen molar-refractivity contribution in [3.8, 4) is 5.75 Å². The molecule has 1 atom stereocenters.